The van der Waals surface area contributed by atoms with E-state index in [9.17, 15) is 18.6 Å². The number of sulfone groups is 1. The molecule has 6 atom stereocenters. The molecule has 0 spiro atoms. The Morgan fingerprint density at radius 3 is 2.67 bits per heavy atom. The zero-order valence-corrected chi connectivity index (χ0v) is 25.2. The van der Waals surface area contributed by atoms with Gasteiger partial charge in [-0.1, -0.05) is 31.9 Å². The predicted octanol–water partition coefficient (Wildman–Crippen LogP) is 5.73. The zero-order valence-electron chi connectivity index (χ0n) is 24.3. The van der Waals surface area contributed by atoms with Crippen molar-refractivity contribution >= 4 is 9.84 Å². The molecule has 2 saturated carbocycles. The summed E-state index contributed by atoms with van der Waals surface area (Å²) in [5.74, 6) is 2.95. The van der Waals surface area contributed by atoms with Gasteiger partial charge in [0.2, 0.25) is 0 Å². The summed E-state index contributed by atoms with van der Waals surface area (Å²) in [5.41, 5.74) is 3.44. The molecule has 3 aliphatic carbocycles. The van der Waals surface area contributed by atoms with Gasteiger partial charge in [-0.25, -0.2) is 8.42 Å². The third-order valence-corrected chi connectivity index (χ3v) is 12.1. The molecule has 7 heteroatoms. The van der Waals surface area contributed by atoms with E-state index in [1.807, 2.05) is 18.2 Å². The number of phenolic OH excluding ortho intramolecular Hbond substituents is 1. The lowest BCUT2D eigenvalue weighted by molar-refractivity contribution is -0.0501. The Morgan fingerprint density at radius 2 is 1.88 bits per heavy atom. The van der Waals surface area contributed by atoms with Crippen molar-refractivity contribution in [1.29, 1.82) is 0 Å². The van der Waals surface area contributed by atoms with Gasteiger partial charge in [-0.05, 0) is 136 Å². The molecule has 1 aromatic carbocycles. The number of hydrogen-bond donors (Lipinski definition) is 2. The highest BCUT2D eigenvalue weighted by atomic mass is 32.2. The first-order chi connectivity index (χ1) is 19.2. The number of rotatable bonds is 12. The second-order valence-corrected chi connectivity index (χ2v) is 15.4. The van der Waals surface area contributed by atoms with Crippen LogP contribution in [-0.4, -0.2) is 60.5 Å². The highest BCUT2D eigenvalue weighted by Crippen LogP contribution is 2.63. The number of aromatic nitrogens is 1. The molecule has 2 aromatic rings. The van der Waals surface area contributed by atoms with E-state index in [1.165, 1.54) is 36.8 Å². The van der Waals surface area contributed by atoms with Crippen molar-refractivity contribution in [2.75, 3.05) is 25.9 Å². The first kappa shape index (κ1) is 29.5. The maximum absolute atomic E-state index is 12.5. The van der Waals surface area contributed by atoms with Gasteiger partial charge in [-0.15, -0.1) is 0 Å². The fourth-order valence-corrected chi connectivity index (χ4v) is 9.88. The number of hydrogen-bond acceptors (Lipinski definition) is 6. The van der Waals surface area contributed by atoms with Crippen molar-refractivity contribution in [3.8, 4) is 5.75 Å². The van der Waals surface area contributed by atoms with Crippen molar-refractivity contribution in [2.24, 2.45) is 23.2 Å². The minimum Gasteiger partial charge on any atom is -0.508 e. The molecular weight excluding hydrogens is 520 g/mol. The number of benzene rings is 1. The molecule has 0 radical (unpaired) electrons. The molecule has 6 nitrogen and oxygen atoms in total. The monoisotopic (exact) mass is 568 g/mol. The lowest BCUT2D eigenvalue weighted by Crippen LogP contribution is -2.47. The number of phenols is 1. The molecule has 2 fully saturated rings. The van der Waals surface area contributed by atoms with Crippen LogP contribution in [0.25, 0.3) is 0 Å². The standard InChI is InChI=1S/C33H48N2O4S/c1-33-22-25(32-28-14-12-27(36)21-24(28)11-13-29(32)30(33)15-16-31(33)37)9-4-3-7-18-35(2)19-8-20-40(38,39)23-26-10-5-6-17-34-26/h5-6,10,12,14,17,21,25,29-32,36-37H,3-4,7-9,11,13,15-16,18-20,22-23H2,1-2H3/t25-,29-,30-,31-,32+,33-/m0/s1. The van der Waals surface area contributed by atoms with Crippen molar-refractivity contribution in [1.82, 2.24) is 9.88 Å². The topological polar surface area (TPSA) is 90.7 Å². The minimum atomic E-state index is -3.14. The fraction of sp³-hybridized carbons (Fsp3) is 0.667. The van der Waals surface area contributed by atoms with Crippen LogP contribution in [0.2, 0.25) is 0 Å². The van der Waals surface area contributed by atoms with Gasteiger partial charge in [0.15, 0.2) is 9.84 Å². The van der Waals surface area contributed by atoms with E-state index in [2.05, 4.69) is 29.9 Å². The van der Waals surface area contributed by atoms with Crippen LogP contribution in [0.4, 0.5) is 0 Å². The molecule has 0 saturated heterocycles. The van der Waals surface area contributed by atoms with Crippen LogP contribution < -0.4 is 0 Å². The number of nitrogens with zero attached hydrogens (tertiary/aromatic N) is 2. The quantitative estimate of drug-likeness (QED) is 0.318. The van der Waals surface area contributed by atoms with Crippen LogP contribution in [0.5, 0.6) is 5.75 Å². The normalized spacial score (nSPS) is 29.6. The predicted molar refractivity (Wildman–Crippen MR) is 160 cm³/mol. The zero-order chi connectivity index (χ0) is 28.3. The summed E-state index contributed by atoms with van der Waals surface area (Å²) < 4.78 is 24.9. The second kappa shape index (κ2) is 12.5. The summed E-state index contributed by atoms with van der Waals surface area (Å²) in [7, 11) is -1.05. The molecule has 220 valence electrons. The van der Waals surface area contributed by atoms with Crippen LogP contribution in [-0.2, 0) is 22.0 Å². The molecule has 40 heavy (non-hydrogen) atoms. The Morgan fingerprint density at radius 1 is 1.05 bits per heavy atom. The summed E-state index contributed by atoms with van der Waals surface area (Å²) in [5, 5.41) is 21.1. The smallest absolute Gasteiger partial charge is 0.156 e. The van der Waals surface area contributed by atoms with Crippen molar-refractivity contribution in [3.63, 3.8) is 0 Å². The van der Waals surface area contributed by atoms with Crippen LogP contribution in [0.1, 0.15) is 87.4 Å². The third-order valence-electron chi connectivity index (χ3n) is 10.5. The molecule has 1 aromatic heterocycles. The molecule has 3 aliphatic rings. The van der Waals surface area contributed by atoms with E-state index in [1.54, 1.807) is 18.3 Å². The maximum atomic E-state index is 12.5. The minimum absolute atomic E-state index is 0.0169. The Labute approximate surface area is 241 Å². The largest absolute Gasteiger partial charge is 0.508 e. The van der Waals surface area contributed by atoms with Gasteiger partial charge in [0.25, 0.3) is 0 Å². The number of aromatic hydroxyl groups is 1. The molecule has 0 amide bonds. The van der Waals surface area contributed by atoms with Gasteiger partial charge in [0.1, 0.15) is 5.75 Å². The average Bonchev–Trinajstić information content (AvgIpc) is 3.22. The molecule has 0 bridgehead atoms. The first-order valence-electron chi connectivity index (χ1n) is 15.4. The van der Waals surface area contributed by atoms with Crippen LogP contribution in [0.3, 0.4) is 0 Å². The van der Waals surface area contributed by atoms with Gasteiger partial charge in [0.05, 0.1) is 23.3 Å². The summed E-state index contributed by atoms with van der Waals surface area (Å²) >= 11 is 0. The van der Waals surface area contributed by atoms with Crippen LogP contribution in [0.15, 0.2) is 42.6 Å². The number of pyridine rings is 1. The SMILES string of the molecule is CN(CCCCC[C@H]1C[C@]2(C)[C@@H](O)CC[C@H]2[C@@H]2CCc3cc(O)ccc3[C@@H]12)CCCS(=O)(=O)Cc1ccccn1. The molecule has 2 N–H and O–H groups in total. The lowest BCUT2D eigenvalue weighted by atomic mass is 9.51. The van der Waals surface area contributed by atoms with Gasteiger partial charge in [-0.2, -0.15) is 0 Å². The van der Waals surface area contributed by atoms with E-state index < -0.39 is 9.84 Å². The Kier molecular flexibility index (Phi) is 9.23. The number of aliphatic hydroxyl groups is 1. The van der Waals surface area contributed by atoms with E-state index in [0.29, 0.717) is 41.5 Å². The maximum Gasteiger partial charge on any atom is 0.156 e. The highest BCUT2D eigenvalue weighted by molar-refractivity contribution is 7.90. The van der Waals surface area contributed by atoms with Crippen molar-refractivity contribution < 1.29 is 18.6 Å². The molecule has 1 heterocycles. The van der Waals surface area contributed by atoms with Gasteiger partial charge in [-0.3, -0.25) is 4.98 Å². The fourth-order valence-electron chi connectivity index (χ4n) is 8.54. The summed E-state index contributed by atoms with van der Waals surface area (Å²) in [6.07, 6.45) is 12.2. The Bertz CT molecular complexity index is 1240. The van der Waals surface area contributed by atoms with Gasteiger partial charge in [0, 0.05) is 6.20 Å². The third kappa shape index (κ3) is 6.57. The summed E-state index contributed by atoms with van der Waals surface area (Å²) in [6.45, 7) is 4.13. The number of aliphatic hydroxyl groups excluding tert-OH is 1. The highest BCUT2D eigenvalue weighted by Gasteiger charge is 2.57. The van der Waals surface area contributed by atoms with E-state index in [-0.39, 0.29) is 23.0 Å². The van der Waals surface area contributed by atoms with Crippen molar-refractivity contribution in [3.05, 3.63) is 59.4 Å². The molecular formula is C33H48N2O4S. The van der Waals surface area contributed by atoms with Gasteiger partial charge < -0.3 is 15.1 Å². The van der Waals surface area contributed by atoms with Crippen LogP contribution >= 0.6 is 0 Å². The number of aryl methyl sites for hydroxylation is 1. The molecule has 5 rings (SSSR count). The number of fused-ring (bicyclic) bond motifs is 5. The van der Waals surface area contributed by atoms with E-state index in [0.717, 1.165) is 45.2 Å². The van der Waals surface area contributed by atoms with Crippen molar-refractivity contribution in [2.45, 2.75) is 88.9 Å². The Hall–Kier alpha value is -1.96. The van der Waals surface area contributed by atoms with E-state index in [4.69, 9.17) is 0 Å². The van der Waals surface area contributed by atoms with Gasteiger partial charge >= 0.3 is 0 Å². The number of unbranched alkanes of at least 4 members (excludes halogenated alkanes) is 2. The van der Waals surface area contributed by atoms with E-state index >= 15 is 0 Å². The molecule has 0 unspecified atom stereocenters. The molecule has 0 aliphatic heterocycles. The first-order valence-corrected chi connectivity index (χ1v) is 17.3. The lowest BCUT2D eigenvalue weighted by Gasteiger charge is -2.54. The summed E-state index contributed by atoms with van der Waals surface area (Å²) in [6, 6.07) is 11.4. The summed E-state index contributed by atoms with van der Waals surface area (Å²) in [4.78, 5) is 6.41. The average molecular weight is 569 g/mol. The Balaban J connectivity index is 1.10. The second-order valence-electron chi connectivity index (χ2n) is 13.2. The van der Waals surface area contributed by atoms with Crippen LogP contribution in [0, 0.1) is 23.2 Å².